The molecule has 0 aromatic heterocycles. The van der Waals surface area contributed by atoms with E-state index in [0.717, 1.165) is 5.56 Å². The molecule has 6 heteroatoms. The Hall–Kier alpha value is -4.11. The summed E-state index contributed by atoms with van der Waals surface area (Å²) in [5.74, 6) is -0.727. The minimum absolute atomic E-state index is 0.420. The SMILES string of the molecule is Cc1ccc(NC(=O)[C@@H](OC(=O)[C@@H](C)Oc2ccc(C#N)cc2)c2ccccc2)cc1. The summed E-state index contributed by atoms with van der Waals surface area (Å²) in [4.78, 5) is 25.6. The third kappa shape index (κ3) is 5.94. The predicted octanol–water partition coefficient (Wildman–Crippen LogP) is 4.56. The monoisotopic (exact) mass is 414 g/mol. The van der Waals surface area contributed by atoms with Gasteiger partial charge < -0.3 is 14.8 Å². The first-order valence-corrected chi connectivity index (χ1v) is 9.76. The van der Waals surface area contributed by atoms with Gasteiger partial charge >= 0.3 is 5.97 Å². The molecule has 156 valence electrons. The van der Waals surface area contributed by atoms with Crippen molar-refractivity contribution >= 4 is 17.6 Å². The van der Waals surface area contributed by atoms with E-state index in [1.54, 1.807) is 67.6 Å². The maximum absolute atomic E-state index is 12.9. The van der Waals surface area contributed by atoms with Gasteiger partial charge in [0.1, 0.15) is 5.75 Å². The Balaban J connectivity index is 1.72. The highest BCUT2D eigenvalue weighted by molar-refractivity contribution is 5.96. The van der Waals surface area contributed by atoms with Gasteiger partial charge in [-0.15, -0.1) is 0 Å². The Morgan fingerprint density at radius 3 is 2.19 bits per heavy atom. The maximum Gasteiger partial charge on any atom is 0.348 e. The van der Waals surface area contributed by atoms with Gasteiger partial charge in [0.05, 0.1) is 11.6 Å². The van der Waals surface area contributed by atoms with Gasteiger partial charge in [0.15, 0.2) is 6.10 Å². The second kappa shape index (κ2) is 10.1. The Morgan fingerprint density at radius 1 is 0.935 bits per heavy atom. The molecule has 0 aliphatic carbocycles. The van der Waals surface area contributed by atoms with Crippen LogP contribution >= 0.6 is 0 Å². The minimum Gasteiger partial charge on any atom is -0.479 e. The number of carbonyl (C=O) groups excluding carboxylic acids is 2. The highest BCUT2D eigenvalue weighted by Gasteiger charge is 2.28. The van der Waals surface area contributed by atoms with E-state index in [4.69, 9.17) is 14.7 Å². The second-order valence-corrected chi connectivity index (χ2v) is 6.98. The molecule has 3 aromatic rings. The molecule has 2 atom stereocenters. The second-order valence-electron chi connectivity index (χ2n) is 6.98. The summed E-state index contributed by atoms with van der Waals surface area (Å²) in [5.41, 5.74) is 2.71. The van der Waals surface area contributed by atoms with Crippen LogP contribution in [0.5, 0.6) is 5.75 Å². The molecule has 0 saturated carbocycles. The predicted molar refractivity (Wildman–Crippen MR) is 116 cm³/mol. The van der Waals surface area contributed by atoms with E-state index < -0.39 is 24.1 Å². The number of anilines is 1. The maximum atomic E-state index is 12.9. The van der Waals surface area contributed by atoms with E-state index in [9.17, 15) is 9.59 Å². The Morgan fingerprint density at radius 2 is 1.58 bits per heavy atom. The normalized spacial score (nSPS) is 12.2. The molecule has 0 heterocycles. The van der Waals surface area contributed by atoms with E-state index >= 15 is 0 Å². The zero-order chi connectivity index (χ0) is 22.2. The summed E-state index contributed by atoms with van der Waals surface area (Å²) in [6.45, 7) is 3.50. The summed E-state index contributed by atoms with van der Waals surface area (Å²) in [6, 6.07) is 24.5. The van der Waals surface area contributed by atoms with Crippen molar-refractivity contribution < 1.29 is 19.1 Å². The number of amides is 1. The van der Waals surface area contributed by atoms with Gasteiger partial charge in [-0.05, 0) is 50.2 Å². The molecule has 0 radical (unpaired) electrons. The van der Waals surface area contributed by atoms with Crippen LogP contribution in [0.3, 0.4) is 0 Å². The number of nitrogens with zero attached hydrogens (tertiary/aromatic N) is 1. The zero-order valence-corrected chi connectivity index (χ0v) is 17.2. The standard InChI is InChI=1S/C25H22N2O4/c1-17-8-12-21(13-9-17)27-24(28)23(20-6-4-3-5-7-20)31-25(29)18(2)30-22-14-10-19(16-26)11-15-22/h3-15,18,23H,1-2H3,(H,27,28)/t18-,23+/m1/s1. The van der Waals surface area contributed by atoms with Crippen molar-refractivity contribution in [3.05, 3.63) is 95.6 Å². The van der Waals surface area contributed by atoms with Crippen LogP contribution in [0.4, 0.5) is 5.69 Å². The van der Waals surface area contributed by atoms with E-state index in [1.165, 1.54) is 0 Å². The number of aryl methyl sites for hydroxylation is 1. The molecule has 31 heavy (non-hydrogen) atoms. The fraction of sp³-hybridized carbons (Fsp3) is 0.160. The molecule has 6 nitrogen and oxygen atoms in total. The molecule has 1 N–H and O–H groups in total. The number of rotatable bonds is 7. The molecule has 3 rings (SSSR count). The van der Waals surface area contributed by atoms with E-state index in [0.29, 0.717) is 22.6 Å². The van der Waals surface area contributed by atoms with E-state index in [-0.39, 0.29) is 0 Å². The van der Waals surface area contributed by atoms with Crippen LogP contribution in [-0.2, 0) is 14.3 Å². The summed E-state index contributed by atoms with van der Waals surface area (Å²) in [7, 11) is 0. The molecule has 0 aliphatic heterocycles. The summed E-state index contributed by atoms with van der Waals surface area (Å²) < 4.78 is 11.2. The largest absolute Gasteiger partial charge is 0.479 e. The van der Waals surface area contributed by atoms with Gasteiger partial charge in [0.2, 0.25) is 6.10 Å². The smallest absolute Gasteiger partial charge is 0.348 e. The molecular weight excluding hydrogens is 392 g/mol. The molecule has 1 amide bonds. The summed E-state index contributed by atoms with van der Waals surface area (Å²) in [5, 5.41) is 11.7. The summed E-state index contributed by atoms with van der Waals surface area (Å²) in [6.07, 6.45) is -2.09. The zero-order valence-electron chi connectivity index (χ0n) is 17.2. The number of hydrogen-bond acceptors (Lipinski definition) is 5. The van der Waals surface area contributed by atoms with Crippen LogP contribution in [0.25, 0.3) is 0 Å². The lowest BCUT2D eigenvalue weighted by Gasteiger charge is -2.21. The van der Waals surface area contributed by atoms with Crippen molar-refractivity contribution in [3.63, 3.8) is 0 Å². The number of esters is 1. The molecule has 3 aromatic carbocycles. The molecule has 0 spiro atoms. The van der Waals surface area contributed by atoms with Gasteiger partial charge in [-0.25, -0.2) is 4.79 Å². The van der Waals surface area contributed by atoms with Crippen LogP contribution < -0.4 is 10.1 Å². The van der Waals surface area contributed by atoms with Gasteiger partial charge in [-0.3, -0.25) is 4.79 Å². The molecular formula is C25H22N2O4. The Labute approximate surface area is 181 Å². The van der Waals surface area contributed by atoms with E-state index in [1.807, 2.05) is 31.2 Å². The lowest BCUT2D eigenvalue weighted by Crippen LogP contribution is -2.32. The Kier molecular flexibility index (Phi) is 7.02. The summed E-state index contributed by atoms with van der Waals surface area (Å²) >= 11 is 0. The number of benzene rings is 3. The molecule has 0 aliphatic rings. The molecule has 0 unspecified atom stereocenters. The van der Waals surface area contributed by atoms with Crippen molar-refractivity contribution in [2.75, 3.05) is 5.32 Å². The number of ether oxygens (including phenoxy) is 2. The van der Waals surface area contributed by atoms with Crippen LogP contribution in [0.2, 0.25) is 0 Å². The highest BCUT2D eigenvalue weighted by Crippen LogP contribution is 2.22. The number of hydrogen-bond donors (Lipinski definition) is 1. The minimum atomic E-state index is -1.14. The average molecular weight is 414 g/mol. The first-order chi connectivity index (χ1) is 15.0. The van der Waals surface area contributed by atoms with Crippen LogP contribution in [0.1, 0.15) is 29.7 Å². The van der Waals surface area contributed by atoms with Crippen molar-refractivity contribution in [3.8, 4) is 11.8 Å². The van der Waals surface area contributed by atoms with Gasteiger partial charge in [0, 0.05) is 11.3 Å². The van der Waals surface area contributed by atoms with Crippen molar-refractivity contribution in [2.45, 2.75) is 26.1 Å². The van der Waals surface area contributed by atoms with Gasteiger partial charge in [-0.1, -0.05) is 48.0 Å². The third-order valence-electron chi connectivity index (χ3n) is 4.52. The lowest BCUT2D eigenvalue weighted by atomic mass is 10.1. The molecule has 0 fully saturated rings. The molecule has 0 saturated heterocycles. The first-order valence-electron chi connectivity index (χ1n) is 9.76. The van der Waals surface area contributed by atoms with Crippen LogP contribution in [0, 0.1) is 18.3 Å². The first kappa shape index (κ1) is 21.6. The van der Waals surface area contributed by atoms with Crippen LogP contribution in [-0.4, -0.2) is 18.0 Å². The lowest BCUT2D eigenvalue weighted by molar-refractivity contribution is -0.161. The average Bonchev–Trinajstić information content (AvgIpc) is 2.79. The number of nitriles is 1. The van der Waals surface area contributed by atoms with Gasteiger partial charge in [0.25, 0.3) is 5.91 Å². The Bertz CT molecular complexity index is 1070. The fourth-order valence-corrected chi connectivity index (χ4v) is 2.82. The van der Waals surface area contributed by atoms with E-state index in [2.05, 4.69) is 5.32 Å². The van der Waals surface area contributed by atoms with Crippen molar-refractivity contribution in [1.29, 1.82) is 5.26 Å². The van der Waals surface area contributed by atoms with Crippen LogP contribution in [0.15, 0.2) is 78.9 Å². The highest BCUT2D eigenvalue weighted by atomic mass is 16.6. The quantitative estimate of drug-likeness (QED) is 0.573. The van der Waals surface area contributed by atoms with Crippen molar-refractivity contribution in [1.82, 2.24) is 0 Å². The number of nitrogens with one attached hydrogen (secondary N) is 1. The van der Waals surface area contributed by atoms with Crippen molar-refractivity contribution in [2.24, 2.45) is 0 Å². The van der Waals surface area contributed by atoms with Gasteiger partial charge in [-0.2, -0.15) is 5.26 Å². The topological polar surface area (TPSA) is 88.4 Å². The molecule has 0 bridgehead atoms. The number of carbonyl (C=O) groups is 2. The fourth-order valence-electron chi connectivity index (χ4n) is 2.82. The third-order valence-corrected chi connectivity index (χ3v) is 4.52.